The number of aliphatic carboxylic acids is 1. The molecule has 1 heterocycles. The molecule has 0 spiro atoms. The zero-order valence-corrected chi connectivity index (χ0v) is 36.3. The standard InChI is InChI=1S/C45H87N3O9/c1-3-5-7-9-11-13-15-16-17-18-19-20-22-24-27-31-39(51)48(34-30-25-23-21-14-12-10-8-6-4-2)45-41(43(55)42(54)38(36-50)57-45)47-44(56)37(35-49)46-33-29-26-28-32-40(52)53/h37-38,41-43,45-46,49-50,54-55H,3-36H2,1-2H3,(H,47,56)(H,52,53)/t37-,38+,41-,42+,43+,45+/m0/s1. The number of carbonyl (C=O) groups excluding carboxylic acids is 2. The number of nitrogens with one attached hydrogen (secondary N) is 2. The smallest absolute Gasteiger partial charge is 0.303 e. The maximum absolute atomic E-state index is 14.0. The molecule has 57 heavy (non-hydrogen) atoms. The first-order chi connectivity index (χ1) is 27.7. The van der Waals surface area contributed by atoms with Crippen LogP contribution in [0.25, 0.3) is 0 Å². The maximum atomic E-state index is 14.0. The van der Waals surface area contributed by atoms with E-state index < -0.39 is 61.7 Å². The SMILES string of the molecule is CCCCCCCCCCCCCCCCCC(=O)N(CCCCCCCCCCCC)[C@@H]1O[C@H](CO)[C@@H](O)[C@H](O)[C@@H]1NC(=O)[C@H](CO)NCCCCCC(=O)O. The third-order valence-corrected chi connectivity index (χ3v) is 11.5. The number of ether oxygens (including phenoxy) is 1. The number of carbonyl (C=O) groups is 3. The van der Waals surface area contributed by atoms with Crippen LogP contribution >= 0.6 is 0 Å². The Morgan fingerprint density at radius 3 is 1.49 bits per heavy atom. The number of hydrogen-bond acceptors (Lipinski definition) is 9. The maximum Gasteiger partial charge on any atom is 0.303 e. The van der Waals surface area contributed by atoms with Crippen molar-refractivity contribution in [3.63, 3.8) is 0 Å². The van der Waals surface area contributed by atoms with Gasteiger partial charge in [0.05, 0.1) is 13.2 Å². The molecule has 0 radical (unpaired) electrons. The predicted octanol–water partition coefficient (Wildman–Crippen LogP) is 7.52. The first kappa shape index (κ1) is 53.2. The van der Waals surface area contributed by atoms with Crippen LogP contribution in [0.15, 0.2) is 0 Å². The molecule has 1 saturated heterocycles. The number of rotatable bonds is 39. The van der Waals surface area contributed by atoms with Crippen molar-refractivity contribution in [2.24, 2.45) is 0 Å². The fourth-order valence-corrected chi connectivity index (χ4v) is 7.83. The summed E-state index contributed by atoms with van der Waals surface area (Å²) in [5.41, 5.74) is 0. The Hall–Kier alpha value is -1.83. The molecule has 12 heteroatoms. The van der Waals surface area contributed by atoms with E-state index in [-0.39, 0.29) is 12.3 Å². The molecule has 336 valence electrons. The van der Waals surface area contributed by atoms with E-state index in [4.69, 9.17) is 9.84 Å². The van der Waals surface area contributed by atoms with Gasteiger partial charge in [-0.05, 0) is 32.2 Å². The monoisotopic (exact) mass is 814 g/mol. The molecular formula is C45H87N3O9. The van der Waals surface area contributed by atoms with Crippen LogP contribution in [0.2, 0.25) is 0 Å². The van der Waals surface area contributed by atoms with Gasteiger partial charge in [0.25, 0.3) is 0 Å². The molecule has 0 unspecified atom stereocenters. The second-order valence-electron chi connectivity index (χ2n) is 16.6. The number of amides is 2. The van der Waals surface area contributed by atoms with Crippen LogP contribution in [0.4, 0.5) is 0 Å². The van der Waals surface area contributed by atoms with Crippen molar-refractivity contribution in [3.05, 3.63) is 0 Å². The van der Waals surface area contributed by atoms with Crippen molar-refractivity contribution in [2.75, 3.05) is 26.3 Å². The van der Waals surface area contributed by atoms with Crippen LogP contribution < -0.4 is 10.6 Å². The number of carboxylic acids is 1. The van der Waals surface area contributed by atoms with Crippen molar-refractivity contribution in [1.29, 1.82) is 0 Å². The highest BCUT2D eigenvalue weighted by molar-refractivity contribution is 5.82. The van der Waals surface area contributed by atoms with Gasteiger partial charge in [-0.25, -0.2) is 0 Å². The van der Waals surface area contributed by atoms with E-state index in [1.807, 2.05) is 0 Å². The van der Waals surface area contributed by atoms with Crippen molar-refractivity contribution >= 4 is 17.8 Å². The molecule has 0 bridgehead atoms. The minimum atomic E-state index is -1.53. The van der Waals surface area contributed by atoms with Crippen molar-refractivity contribution in [2.45, 2.75) is 243 Å². The Labute approximate surface area is 346 Å². The molecule has 1 aliphatic rings. The quantitative estimate of drug-likeness (QED) is 0.0306. The van der Waals surface area contributed by atoms with Gasteiger partial charge in [0.2, 0.25) is 11.8 Å². The molecule has 6 atom stereocenters. The molecule has 0 aromatic rings. The summed E-state index contributed by atoms with van der Waals surface area (Å²) in [4.78, 5) is 39.8. The lowest BCUT2D eigenvalue weighted by Crippen LogP contribution is -2.70. The van der Waals surface area contributed by atoms with Gasteiger partial charge in [-0.2, -0.15) is 0 Å². The average molecular weight is 814 g/mol. The average Bonchev–Trinajstić information content (AvgIpc) is 3.20. The first-order valence-corrected chi connectivity index (χ1v) is 23.5. The number of aliphatic hydroxyl groups excluding tert-OH is 4. The van der Waals surface area contributed by atoms with Gasteiger partial charge in [0.15, 0.2) is 6.23 Å². The van der Waals surface area contributed by atoms with Crippen LogP contribution in [0.5, 0.6) is 0 Å². The molecule has 2 amide bonds. The van der Waals surface area contributed by atoms with Crippen molar-refractivity contribution in [3.8, 4) is 0 Å². The van der Waals surface area contributed by atoms with Gasteiger partial charge in [-0.3, -0.25) is 14.4 Å². The van der Waals surface area contributed by atoms with E-state index in [1.165, 1.54) is 109 Å². The molecule has 0 aliphatic carbocycles. The summed E-state index contributed by atoms with van der Waals surface area (Å²) in [7, 11) is 0. The van der Waals surface area contributed by atoms with Gasteiger partial charge >= 0.3 is 5.97 Å². The molecule has 1 aliphatic heterocycles. The lowest BCUT2D eigenvalue weighted by atomic mass is 9.94. The van der Waals surface area contributed by atoms with Gasteiger partial charge in [0.1, 0.15) is 30.4 Å². The lowest BCUT2D eigenvalue weighted by molar-refractivity contribution is -0.231. The summed E-state index contributed by atoms with van der Waals surface area (Å²) < 4.78 is 6.14. The fourth-order valence-electron chi connectivity index (χ4n) is 7.83. The summed E-state index contributed by atoms with van der Waals surface area (Å²) in [6.45, 7) is 4.09. The Morgan fingerprint density at radius 2 is 1.04 bits per heavy atom. The van der Waals surface area contributed by atoms with Crippen LogP contribution in [-0.2, 0) is 19.1 Å². The number of carboxylic acid groups (broad SMARTS) is 1. The largest absolute Gasteiger partial charge is 0.481 e. The normalized spacial score (nSPS) is 20.1. The minimum absolute atomic E-state index is 0.0653. The summed E-state index contributed by atoms with van der Waals surface area (Å²) in [5.74, 6) is -1.63. The molecule has 1 fully saturated rings. The topological polar surface area (TPSA) is 189 Å². The zero-order valence-electron chi connectivity index (χ0n) is 36.3. The third-order valence-electron chi connectivity index (χ3n) is 11.5. The van der Waals surface area contributed by atoms with Crippen LogP contribution in [0, 0.1) is 0 Å². The number of unbranched alkanes of at least 4 members (excludes halogenated alkanes) is 25. The predicted molar refractivity (Wildman–Crippen MR) is 228 cm³/mol. The molecule has 0 aromatic heterocycles. The van der Waals surface area contributed by atoms with Crippen LogP contribution in [0.3, 0.4) is 0 Å². The van der Waals surface area contributed by atoms with Gasteiger partial charge in [-0.1, -0.05) is 168 Å². The highest BCUT2D eigenvalue weighted by atomic mass is 16.5. The van der Waals surface area contributed by atoms with Crippen molar-refractivity contribution in [1.82, 2.24) is 15.5 Å². The number of nitrogens with zero attached hydrogens (tertiary/aromatic N) is 1. The second kappa shape index (κ2) is 36.1. The number of aliphatic hydroxyl groups is 4. The Bertz CT molecular complexity index is 990. The fraction of sp³-hybridized carbons (Fsp3) is 0.933. The Balaban J connectivity index is 2.82. The van der Waals surface area contributed by atoms with Crippen LogP contribution in [-0.4, -0.2) is 111 Å². The third kappa shape index (κ3) is 25.4. The van der Waals surface area contributed by atoms with Gasteiger partial charge in [-0.15, -0.1) is 0 Å². The molecule has 7 N–H and O–H groups in total. The Kier molecular flexibility index (Phi) is 33.6. The van der Waals surface area contributed by atoms with E-state index in [2.05, 4.69) is 24.5 Å². The lowest BCUT2D eigenvalue weighted by Gasteiger charge is -2.47. The first-order valence-electron chi connectivity index (χ1n) is 23.5. The summed E-state index contributed by atoms with van der Waals surface area (Å²) in [6, 6.07) is -2.23. The highest BCUT2D eigenvalue weighted by Crippen LogP contribution is 2.26. The van der Waals surface area contributed by atoms with E-state index in [1.54, 1.807) is 4.90 Å². The van der Waals surface area contributed by atoms with E-state index >= 15 is 0 Å². The highest BCUT2D eigenvalue weighted by Gasteiger charge is 2.48. The summed E-state index contributed by atoms with van der Waals surface area (Å²) in [5, 5.41) is 56.8. The minimum Gasteiger partial charge on any atom is -0.481 e. The van der Waals surface area contributed by atoms with E-state index in [9.17, 15) is 34.8 Å². The molecular weight excluding hydrogens is 727 g/mol. The Morgan fingerprint density at radius 1 is 0.596 bits per heavy atom. The second-order valence-corrected chi connectivity index (χ2v) is 16.6. The summed E-state index contributed by atoms with van der Waals surface area (Å²) in [6.07, 6.45) is 26.5. The van der Waals surface area contributed by atoms with E-state index in [0.29, 0.717) is 51.6 Å². The van der Waals surface area contributed by atoms with E-state index in [0.717, 1.165) is 38.5 Å². The molecule has 0 saturated carbocycles. The molecule has 1 rings (SSSR count). The molecule has 0 aromatic carbocycles. The zero-order chi connectivity index (χ0) is 41.9. The number of hydrogen-bond donors (Lipinski definition) is 7. The summed E-state index contributed by atoms with van der Waals surface area (Å²) >= 11 is 0. The van der Waals surface area contributed by atoms with Gasteiger partial charge < -0.3 is 45.8 Å². The molecule has 12 nitrogen and oxygen atoms in total. The van der Waals surface area contributed by atoms with Gasteiger partial charge in [0, 0.05) is 19.4 Å². The van der Waals surface area contributed by atoms with Crippen molar-refractivity contribution < 1.29 is 44.7 Å². The van der Waals surface area contributed by atoms with Crippen LogP contribution in [0.1, 0.15) is 206 Å².